The highest BCUT2D eigenvalue weighted by Gasteiger charge is 2.23. The number of ether oxygens (including phenoxy) is 1. The number of hydrogen-bond acceptors (Lipinski definition) is 3. The number of nitrogens with zero attached hydrogens (tertiary/aromatic N) is 2. The predicted octanol–water partition coefficient (Wildman–Crippen LogP) is 4.23. The Hall–Kier alpha value is -2.04. The molecule has 26 heavy (non-hydrogen) atoms. The van der Waals surface area contributed by atoms with Crippen molar-refractivity contribution in [3.63, 3.8) is 0 Å². The number of rotatable bonds is 6. The lowest BCUT2D eigenvalue weighted by molar-refractivity contribution is 0.0507. The molecule has 138 valence electrons. The molecule has 0 bridgehead atoms. The maximum Gasteiger partial charge on any atom is 0.254 e. The average Bonchev–Trinajstić information content (AvgIpc) is 3.14. The van der Waals surface area contributed by atoms with Gasteiger partial charge < -0.3 is 14.5 Å². The molecule has 0 N–H and O–H groups in total. The van der Waals surface area contributed by atoms with E-state index in [0.717, 1.165) is 30.7 Å². The first kappa shape index (κ1) is 18.7. The molecule has 3 rings (SSSR count). The zero-order valence-electron chi connectivity index (χ0n) is 15.3. The molecule has 1 saturated heterocycles. The summed E-state index contributed by atoms with van der Waals surface area (Å²) in [6, 6.07) is 15.4. The van der Waals surface area contributed by atoms with Gasteiger partial charge in [0, 0.05) is 50.1 Å². The lowest BCUT2D eigenvalue weighted by atomic mass is 10.1. The molecule has 1 fully saturated rings. The van der Waals surface area contributed by atoms with Crippen molar-refractivity contribution in [1.82, 2.24) is 4.90 Å². The molecule has 0 aromatic heterocycles. The number of carbonyl (C=O) groups excluding carboxylic acids is 1. The van der Waals surface area contributed by atoms with E-state index in [2.05, 4.69) is 29.2 Å². The maximum atomic E-state index is 13.1. The fourth-order valence-electron chi connectivity index (χ4n) is 3.18. The Labute approximate surface area is 160 Å². The van der Waals surface area contributed by atoms with Crippen molar-refractivity contribution in [2.24, 2.45) is 0 Å². The lowest BCUT2D eigenvalue weighted by Crippen LogP contribution is -2.37. The van der Waals surface area contributed by atoms with E-state index in [1.54, 1.807) is 12.1 Å². The molecule has 1 heterocycles. The molecule has 2 aromatic carbocycles. The van der Waals surface area contributed by atoms with Crippen molar-refractivity contribution < 1.29 is 9.53 Å². The van der Waals surface area contributed by atoms with E-state index in [1.807, 2.05) is 31.1 Å². The molecule has 1 amide bonds. The second-order valence-corrected chi connectivity index (χ2v) is 7.33. The van der Waals surface area contributed by atoms with Crippen LogP contribution < -0.4 is 4.90 Å². The summed E-state index contributed by atoms with van der Waals surface area (Å²) in [5, 5.41) is 0.572. The van der Waals surface area contributed by atoms with E-state index in [1.165, 1.54) is 0 Å². The molecule has 2 aromatic rings. The minimum Gasteiger partial charge on any atom is -0.378 e. The highest BCUT2D eigenvalue weighted by molar-refractivity contribution is 6.30. The predicted molar refractivity (Wildman–Crippen MR) is 106 cm³/mol. The van der Waals surface area contributed by atoms with Crippen LogP contribution in [-0.4, -0.2) is 44.2 Å². The molecule has 0 spiro atoms. The van der Waals surface area contributed by atoms with Crippen LogP contribution in [-0.2, 0) is 11.3 Å². The van der Waals surface area contributed by atoms with Gasteiger partial charge in [-0.05, 0) is 48.7 Å². The summed E-state index contributed by atoms with van der Waals surface area (Å²) in [7, 11) is 4.03. The molecule has 4 nitrogen and oxygen atoms in total. The van der Waals surface area contributed by atoms with Gasteiger partial charge in [-0.2, -0.15) is 0 Å². The monoisotopic (exact) mass is 372 g/mol. The van der Waals surface area contributed by atoms with Gasteiger partial charge in [-0.25, -0.2) is 0 Å². The van der Waals surface area contributed by atoms with Crippen molar-refractivity contribution in [3.8, 4) is 0 Å². The molecular formula is C21H25ClN2O2. The van der Waals surface area contributed by atoms with Crippen LogP contribution in [0.25, 0.3) is 0 Å². The number of anilines is 1. The molecule has 1 aliphatic heterocycles. The van der Waals surface area contributed by atoms with E-state index in [9.17, 15) is 4.79 Å². The summed E-state index contributed by atoms with van der Waals surface area (Å²) >= 11 is 6.07. The highest BCUT2D eigenvalue weighted by atomic mass is 35.5. The van der Waals surface area contributed by atoms with Gasteiger partial charge in [0.2, 0.25) is 0 Å². The van der Waals surface area contributed by atoms with Gasteiger partial charge in [-0.1, -0.05) is 29.8 Å². The van der Waals surface area contributed by atoms with Crippen LogP contribution in [0.3, 0.4) is 0 Å². The molecule has 5 heteroatoms. The van der Waals surface area contributed by atoms with Crippen molar-refractivity contribution in [2.45, 2.75) is 25.5 Å². The van der Waals surface area contributed by atoms with Crippen LogP contribution in [0.2, 0.25) is 5.02 Å². The smallest absolute Gasteiger partial charge is 0.254 e. The second-order valence-electron chi connectivity index (χ2n) is 6.89. The molecule has 0 radical (unpaired) electrons. The molecular weight excluding hydrogens is 348 g/mol. The second kappa shape index (κ2) is 8.56. The number of amides is 1. The SMILES string of the molecule is CN(C)c1ccc(CN(C[C@H]2CCCO2)C(=O)c2cccc(Cl)c2)cc1. The molecule has 0 saturated carbocycles. The Kier molecular flexibility index (Phi) is 6.17. The third kappa shape index (κ3) is 4.77. The molecule has 0 unspecified atom stereocenters. The van der Waals surface area contributed by atoms with Crippen LogP contribution in [0.1, 0.15) is 28.8 Å². The summed E-state index contributed by atoms with van der Waals surface area (Å²) in [5.74, 6) is -0.0142. The quantitative estimate of drug-likeness (QED) is 0.760. The number of hydrogen-bond donors (Lipinski definition) is 0. The Bertz CT molecular complexity index is 740. The van der Waals surface area contributed by atoms with E-state index < -0.39 is 0 Å². The first-order valence-corrected chi connectivity index (χ1v) is 9.33. The summed E-state index contributed by atoms with van der Waals surface area (Å²) in [4.78, 5) is 17.0. The largest absolute Gasteiger partial charge is 0.378 e. The fraction of sp³-hybridized carbons (Fsp3) is 0.381. The van der Waals surface area contributed by atoms with Crippen LogP contribution in [0.15, 0.2) is 48.5 Å². The van der Waals surface area contributed by atoms with Crippen molar-refractivity contribution in [3.05, 3.63) is 64.7 Å². The molecule has 1 atom stereocenters. The van der Waals surface area contributed by atoms with Crippen LogP contribution in [0, 0.1) is 0 Å². The molecule has 1 aliphatic rings. The van der Waals surface area contributed by atoms with Crippen LogP contribution in [0.5, 0.6) is 0 Å². The standard InChI is InChI=1S/C21H25ClN2O2/c1-23(2)19-10-8-16(9-11-19)14-24(15-20-7-4-12-26-20)21(25)17-5-3-6-18(22)13-17/h3,5-6,8-11,13,20H,4,7,12,14-15H2,1-2H3/t20-/m1/s1. The summed E-state index contributed by atoms with van der Waals surface area (Å²) in [5.41, 5.74) is 2.85. The van der Waals surface area contributed by atoms with Gasteiger partial charge >= 0.3 is 0 Å². The third-order valence-electron chi connectivity index (χ3n) is 4.63. The Morgan fingerprint density at radius 3 is 2.58 bits per heavy atom. The topological polar surface area (TPSA) is 32.8 Å². The van der Waals surface area contributed by atoms with Gasteiger partial charge in [0.15, 0.2) is 0 Å². The van der Waals surface area contributed by atoms with Gasteiger partial charge in [-0.3, -0.25) is 4.79 Å². The van der Waals surface area contributed by atoms with Gasteiger partial charge in [0.25, 0.3) is 5.91 Å². The Morgan fingerprint density at radius 2 is 1.96 bits per heavy atom. The molecule has 0 aliphatic carbocycles. The van der Waals surface area contributed by atoms with E-state index in [-0.39, 0.29) is 12.0 Å². The summed E-state index contributed by atoms with van der Waals surface area (Å²) in [6.45, 7) is 1.93. The van der Waals surface area contributed by atoms with E-state index in [0.29, 0.717) is 23.7 Å². The Morgan fingerprint density at radius 1 is 1.19 bits per heavy atom. The minimum absolute atomic E-state index is 0.0142. The number of carbonyl (C=O) groups is 1. The zero-order chi connectivity index (χ0) is 18.5. The summed E-state index contributed by atoms with van der Waals surface area (Å²) in [6.07, 6.45) is 2.17. The fourth-order valence-corrected chi connectivity index (χ4v) is 3.37. The zero-order valence-corrected chi connectivity index (χ0v) is 16.1. The van der Waals surface area contributed by atoms with E-state index >= 15 is 0 Å². The lowest BCUT2D eigenvalue weighted by Gasteiger charge is -2.26. The summed E-state index contributed by atoms with van der Waals surface area (Å²) < 4.78 is 5.75. The van der Waals surface area contributed by atoms with Gasteiger partial charge in [0.05, 0.1) is 6.10 Å². The highest BCUT2D eigenvalue weighted by Crippen LogP contribution is 2.20. The van der Waals surface area contributed by atoms with Crippen LogP contribution in [0.4, 0.5) is 5.69 Å². The number of halogens is 1. The van der Waals surface area contributed by atoms with E-state index in [4.69, 9.17) is 16.3 Å². The maximum absolute atomic E-state index is 13.1. The normalized spacial score (nSPS) is 16.5. The Balaban J connectivity index is 1.79. The van der Waals surface area contributed by atoms with Crippen molar-refractivity contribution in [2.75, 3.05) is 32.1 Å². The van der Waals surface area contributed by atoms with Gasteiger partial charge in [0.1, 0.15) is 0 Å². The minimum atomic E-state index is -0.0142. The van der Waals surface area contributed by atoms with Crippen molar-refractivity contribution >= 4 is 23.2 Å². The first-order chi connectivity index (χ1) is 12.5. The first-order valence-electron chi connectivity index (χ1n) is 8.95. The third-order valence-corrected chi connectivity index (χ3v) is 4.87. The van der Waals surface area contributed by atoms with Crippen LogP contribution >= 0.6 is 11.6 Å². The van der Waals surface area contributed by atoms with Gasteiger partial charge in [-0.15, -0.1) is 0 Å². The van der Waals surface area contributed by atoms with Crippen molar-refractivity contribution in [1.29, 1.82) is 0 Å². The number of benzene rings is 2. The average molecular weight is 373 g/mol.